The molecule has 2 aliphatic heterocycles. The fourth-order valence-electron chi connectivity index (χ4n) is 7.34. The van der Waals surface area contributed by atoms with Crippen LogP contribution in [0.2, 0.25) is 0 Å². The number of nitrogens with two attached hydrogens (primary N) is 2. The average molecular weight is 1060 g/mol. The Morgan fingerprint density at radius 2 is 1.41 bits per heavy atom. The number of aliphatic hydroxyl groups is 1. The van der Waals surface area contributed by atoms with E-state index in [2.05, 4.69) is 39.2 Å². The Hall–Kier alpha value is -4.79. The van der Waals surface area contributed by atoms with Crippen molar-refractivity contribution in [2.24, 2.45) is 17.4 Å². The molecule has 0 unspecified atom stereocenters. The summed E-state index contributed by atoms with van der Waals surface area (Å²) in [5.74, 6) is -8.71. The minimum atomic E-state index is -1.69. The molecule has 1 aromatic carbocycles. The molecule has 0 spiro atoms. The molecule has 2 aliphatic rings. The molecule has 68 heavy (non-hydrogen) atoms. The number of nitrogens with one attached hydrogen (secondary N) is 5. The Morgan fingerprint density at radius 1 is 0.809 bits per heavy atom. The Bertz CT molecular complexity index is 1840. The van der Waals surface area contributed by atoms with Crippen LogP contribution in [-0.2, 0) is 97.3 Å². The number of amides is 7. The molecule has 0 bridgehead atoms. The largest absolute Gasteiger partial charge is 5.00 e. The van der Waals surface area contributed by atoms with Crippen LogP contribution < -0.4 is 48.3 Å². The fourth-order valence-corrected chi connectivity index (χ4v) is 7.56. The molecule has 2 heterocycles. The van der Waals surface area contributed by atoms with E-state index in [1.165, 1.54) is 9.80 Å². The van der Waals surface area contributed by atoms with Gasteiger partial charge in [0.15, 0.2) is 0 Å². The second kappa shape index (κ2) is 31.4. The zero-order chi connectivity index (χ0) is 48.9. The number of benzene rings is 1. The molecule has 0 aromatic heterocycles. The number of nitrogens with zero attached hydrogens (tertiary/aromatic N) is 2. The van der Waals surface area contributed by atoms with Gasteiger partial charge in [-0.05, 0) is 50.0 Å². The van der Waals surface area contributed by atoms with Crippen LogP contribution in [0.1, 0.15) is 57.9 Å². The zero-order valence-electron chi connectivity index (χ0n) is 37.9. The quantitative estimate of drug-likeness (QED) is 0.0286. The van der Waals surface area contributed by atoms with Gasteiger partial charge in [-0.15, -0.1) is 0 Å². The van der Waals surface area contributed by atoms with Gasteiger partial charge in [0, 0.05) is 50.7 Å². The number of rotatable bonds is 28. The van der Waals surface area contributed by atoms with Gasteiger partial charge in [0.25, 0.3) is 5.91 Å². The number of hydrogen-bond donors (Lipinski definition) is 8. The third-order valence-electron chi connectivity index (χ3n) is 10.7. The maximum absolute atomic E-state index is 14.0. The molecule has 2 saturated heterocycles. The fraction of sp³-hybridized carbons (Fsp3) is 0.643. The van der Waals surface area contributed by atoms with E-state index < -0.39 is 121 Å². The Labute approximate surface area is 413 Å². The van der Waals surface area contributed by atoms with Gasteiger partial charge >= 0.3 is 20.1 Å². The molecule has 0 aliphatic carbocycles. The first-order chi connectivity index (χ1) is 31.3. The van der Waals surface area contributed by atoms with Crippen molar-refractivity contribution in [3.8, 4) is 0 Å². The van der Waals surface area contributed by atoms with Crippen LogP contribution in [0, 0.1) is 5.92 Å². The Kier molecular flexibility index (Phi) is 28.2. The van der Waals surface area contributed by atoms with E-state index in [0.717, 1.165) is 5.56 Å². The smallest absolute Gasteiger partial charge is 2.00 e. The number of aliphatic hydroxyl groups excluding tert-OH is 1. The summed E-state index contributed by atoms with van der Waals surface area (Å²) in [6.07, 6.45) is -0.0636. The summed E-state index contributed by atoms with van der Waals surface area (Å²) in [5.41, 5.74) is 12.5. The maximum atomic E-state index is 14.0. The number of carbonyl (C=O) groups excluding carboxylic acids is 9. The molecule has 2 fully saturated rings. The van der Waals surface area contributed by atoms with Gasteiger partial charge in [-0.1, -0.05) is 44.2 Å². The molecular weight excluding hydrogens is 1000 g/mol. The van der Waals surface area contributed by atoms with E-state index in [4.69, 9.17) is 20.9 Å². The van der Waals surface area contributed by atoms with Crippen molar-refractivity contribution in [2.75, 3.05) is 58.4 Å². The topological polar surface area (TPSA) is 386 Å². The molecule has 0 radical (unpaired) electrons. The van der Waals surface area contributed by atoms with E-state index in [1.54, 1.807) is 0 Å². The summed E-state index contributed by atoms with van der Waals surface area (Å²) < 4.78 is 10.7. The molecule has 3 rings (SSSR count). The second-order valence-corrected chi connectivity index (χ2v) is 16.8. The van der Waals surface area contributed by atoms with E-state index in [1.807, 2.05) is 44.2 Å². The normalized spacial score (nSPS) is 18.0. The predicted molar refractivity (Wildman–Crippen MR) is 232 cm³/mol. The molecule has 1 aromatic rings. The predicted octanol–water partition coefficient (Wildman–Crippen LogP) is -6.69. The number of hydrogen-bond acceptors (Lipinski definition) is 17. The molecule has 378 valence electrons. The first kappa shape index (κ1) is 61.2. The van der Waals surface area contributed by atoms with Gasteiger partial charge in [-0.3, -0.25) is 33.6 Å². The average Bonchev–Trinajstić information content (AvgIpc) is 3.98. The van der Waals surface area contributed by atoms with Gasteiger partial charge in [-0.2, -0.15) is 5.75 Å². The first-order valence-electron chi connectivity index (χ1n) is 21.8. The van der Waals surface area contributed by atoms with Crippen LogP contribution in [-0.4, -0.2) is 175 Å². The molecule has 10 N–H and O–H groups in total. The summed E-state index contributed by atoms with van der Waals surface area (Å²) in [6.45, 7) is 3.35. The number of carboxylic acid groups (broad SMARTS) is 2. The molecule has 0 saturated carbocycles. The third-order valence-corrected chi connectivity index (χ3v) is 11.1. The first-order valence-corrected chi connectivity index (χ1v) is 22.4. The van der Waals surface area contributed by atoms with E-state index >= 15 is 0 Å². The van der Waals surface area contributed by atoms with Crippen LogP contribution in [0.25, 0.3) is 0 Å². The number of likely N-dealkylation sites (tertiary alicyclic amines) is 2. The third kappa shape index (κ3) is 20.0. The van der Waals surface area contributed by atoms with Crippen molar-refractivity contribution in [1.82, 2.24) is 36.4 Å². The van der Waals surface area contributed by atoms with E-state index in [9.17, 15) is 58.5 Å². The number of carbonyl (C=O) groups is 9. The van der Waals surface area contributed by atoms with Crippen LogP contribution >= 0.6 is 0 Å². The number of aliphatic carboxylic acids is 2. The molecular formula is C42H62N9O15STc. The summed E-state index contributed by atoms with van der Waals surface area (Å²) in [4.78, 5) is 117. The SMILES string of the molecule is CC(C)C[C@H](NC(=O)[C@@H](O)[C@H](N)Cc1ccccc1)C(=O)N1CCC[C@H]1C(=O)N1CCC[C@H]1C(=O)NCCOCCOCC(=O)NC[C@H](NC(=O)[C@@H](N)CC(=O)[O-])C(=O)N[C@@H](C[S-])C(=O)[O-].[99Tc+5].[O-2]. The van der Waals surface area contributed by atoms with E-state index in [0.29, 0.717) is 32.2 Å². The Morgan fingerprint density at radius 3 is 2.03 bits per heavy atom. The minimum absolute atomic E-state index is 0. The number of carboxylic acids is 2. The minimum Gasteiger partial charge on any atom is -2.00 e. The van der Waals surface area contributed by atoms with Gasteiger partial charge in [0.2, 0.25) is 35.4 Å². The maximum Gasteiger partial charge on any atom is 5.00 e. The van der Waals surface area contributed by atoms with Crippen LogP contribution in [0.5, 0.6) is 0 Å². The van der Waals surface area contributed by atoms with E-state index in [-0.39, 0.29) is 83.2 Å². The Balaban J connectivity index is 0.0000116. The summed E-state index contributed by atoms with van der Waals surface area (Å²) in [5, 5.41) is 44.8. The molecule has 7 amide bonds. The van der Waals surface area contributed by atoms with Crippen LogP contribution in [0.15, 0.2) is 30.3 Å². The van der Waals surface area contributed by atoms with Crippen molar-refractivity contribution in [3.63, 3.8) is 0 Å². The second-order valence-electron chi connectivity index (χ2n) is 16.4. The summed E-state index contributed by atoms with van der Waals surface area (Å²) >= 11 is 4.68. The van der Waals surface area contributed by atoms with Gasteiger partial charge in [0.05, 0.1) is 31.8 Å². The van der Waals surface area contributed by atoms with Crippen molar-refractivity contribution >= 4 is 65.9 Å². The molecule has 8 atom stereocenters. The number of ether oxygens (including phenoxy) is 2. The standard InChI is InChI=1S/C42H65N9O14S.O.Tc/c1-24(2)18-28(47-39(59)35(55)26(43)19-25-8-4-3-5-9-25)40(60)51-14-7-11-32(51)41(61)50-13-6-10-31(50)38(58)45-12-15-64-16-17-65-22-33(52)46-21-29(37(57)49-30(23-66)42(62)63)48-36(56)27(44)20-34(53)54;;/h3-5,8-9,24,26-32,35,55,66H,6-7,10-23,43-44H2,1-2H3,(H,45,58)(H,46,52)(H,47,59)(H,48,56)(H,49,57)(H,53,54)(H,62,63);;/q;-2;+5/p-3/t26-,27+,28+,29+,30+,31+,32+,35+;;/m1../s1/i;;1+1. The molecule has 24 nitrogen and oxygen atoms in total. The van der Waals surface area contributed by atoms with Crippen molar-refractivity contribution < 1.29 is 93.5 Å². The molecule has 26 heteroatoms. The van der Waals surface area contributed by atoms with Crippen molar-refractivity contribution in [3.05, 3.63) is 35.9 Å². The van der Waals surface area contributed by atoms with Gasteiger partial charge in [-0.25, -0.2) is 0 Å². The summed E-state index contributed by atoms with van der Waals surface area (Å²) in [6, 6.07) is 0.803. The zero-order valence-corrected chi connectivity index (χ0v) is 40.6. The van der Waals surface area contributed by atoms with Crippen LogP contribution in [0.3, 0.4) is 0 Å². The van der Waals surface area contributed by atoms with Crippen LogP contribution in [0.4, 0.5) is 0 Å². The monoisotopic (exact) mass is 1060 g/mol. The van der Waals surface area contributed by atoms with Gasteiger partial charge < -0.3 is 100 Å². The van der Waals surface area contributed by atoms with Crippen molar-refractivity contribution in [2.45, 2.75) is 107 Å². The van der Waals surface area contributed by atoms with Crippen molar-refractivity contribution in [1.29, 1.82) is 0 Å². The summed E-state index contributed by atoms with van der Waals surface area (Å²) in [7, 11) is 0. The van der Waals surface area contributed by atoms with Gasteiger partial charge in [0.1, 0.15) is 36.9 Å².